The molecule has 1 aromatic carbocycles. The molecule has 0 unspecified atom stereocenters. The summed E-state index contributed by atoms with van der Waals surface area (Å²) in [4.78, 5) is 23.6. The Balaban J connectivity index is 3.44. The fourth-order valence-electron chi connectivity index (χ4n) is 1.84. The van der Waals surface area contributed by atoms with Gasteiger partial charge in [0, 0.05) is 0 Å². The Hall–Kier alpha value is -2.25. The van der Waals surface area contributed by atoms with E-state index in [1.165, 1.54) is 32.0 Å². The summed E-state index contributed by atoms with van der Waals surface area (Å²) in [5.74, 6) is -1.62. The Labute approximate surface area is 125 Å². The normalized spacial score (nSPS) is 13.9. The molecule has 1 amide bonds. The number of ether oxygens (including phenoxy) is 2. The summed E-state index contributed by atoms with van der Waals surface area (Å²) in [6.45, 7) is 2.39. The molecule has 0 aliphatic rings. The zero-order valence-electron chi connectivity index (χ0n) is 12.1. The number of esters is 1. The summed E-state index contributed by atoms with van der Waals surface area (Å²) < 4.78 is 50.0. The molecule has 8 heteroatoms. The molecular weight excluding hydrogens is 303 g/mol. The van der Waals surface area contributed by atoms with Crippen LogP contribution in [0, 0.1) is 0 Å². The molecule has 122 valence electrons. The summed E-state index contributed by atoms with van der Waals surface area (Å²) in [5, 5.41) is 1.61. The summed E-state index contributed by atoms with van der Waals surface area (Å²) in [6, 6.07) is 6.29. The molecule has 0 saturated carbocycles. The van der Waals surface area contributed by atoms with Gasteiger partial charge >= 0.3 is 18.2 Å². The predicted molar refractivity (Wildman–Crippen MR) is 71.0 cm³/mol. The first-order valence-corrected chi connectivity index (χ1v) is 6.54. The molecule has 1 atom stereocenters. The zero-order chi connectivity index (χ0) is 16.8. The van der Waals surface area contributed by atoms with Crippen molar-refractivity contribution in [2.45, 2.75) is 25.6 Å². The highest BCUT2D eigenvalue weighted by molar-refractivity contribution is 5.88. The third-order valence-corrected chi connectivity index (χ3v) is 2.78. The highest BCUT2D eigenvalue weighted by Gasteiger charge is 2.64. The molecule has 0 aliphatic heterocycles. The van der Waals surface area contributed by atoms with E-state index in [1.807, 2.05) is 0 Å². The molecule has 0 heterocycles. The Morgan fingerprint density at radius 2 is 1.59 bits per heavy atom. The van der Waals surface area contributed by atoms with E-state index in [-0.39, 0.29) is 13.2 Å². The standard InChI is InChI=1S/C14H16F3NO4/c1-3-21-11(19)13(14(15,16)17,18-12(20)22-4-2)10-8-6-5-7-9-10/h5-9H,3-4H2,1-2H3,(H,18,20)/t13-/m0/s1. The van der Waals surface area contributed by atoms with Crippen molar-refractivity contribution >= 4 is 12.1 Å². The number of benzene rings is 1. The Bertz CT molecular complexity index is 519. The topological polar surface area (TPSA) is 64.6 Å². The van der Waals surface area contributed by atoms with Crippen molar-refractivity contribution in [1.82, 2.24) is 5.32 Å². The van der Waals surface area contributed by atoms with Gasteiger partial charge < -0.3 is 9.47 Å². The number of nitrogens with one attached hydrogen (secondary N) is 1. The van der Waals surface area contributed by atoms with Gasteiger partial charge in [0.1, 0.15) is 0 Å². The number of alkyl carbamates (subject to hydrolysis) is 1. The molecule has 1 rings (SSSR count). The second kappa shape index (κ2) is 7.15. The third kappa shape index (κ3) is 3.49. The average molecular weight is 319 g/mol. The second-order valence-corrected chi connectivity index (χ2v) is 4.18. The maximum atomic E-state index is 13.7. The number of hydrogen-bond donors (Lipinski definition) is 1. The van der Waals surface area contributed by atoms with Crippen LogP contribution in [0.15, 0.2) is 30.3 Å². The van der Waals surface area contributed by atoms with Crippen LogP contribution in [0.5, 0.6) is 0 Å². The molecule has 0 aliphatic carbocycles. The van der Waals surface area contributed by atoms with Gasteiger partial charge in [0.15, 0.2) is 0 Å². The van der Waals surface area contributed by atoms with Crippen LogP contribution in [0.3, 0.4) is 0 Å². The van der Waals surface area contributed by atoms with Gasteiger partial charge in [-0.1, -0.05) is 30.3 Å². The lowest BCUT2D eigenvalue weighted by molar-refractivity contribution is -0.215. The number of alkyl halides is 3. The van der Waals surface area contributed by atoms with E-state index < -0.39 is 29.3 Å². The second-order valence-electron chi connectivity index (χ2n) is 4.18. The van der Waals surface area contributed by atoms with Crippen molar-refractivity contribution in [2.24, 2.45) is 0 Å². The number of hydrogen-bond acceptors (Lipinski definition) is 4. The SMILES string of the molecule is CCOC(=O)N[C@](C(=O)OCC)(c1ccccc1)C(F)(F)F. The van der Waals surface area contributed by atoms with E-state index in [0.717, 1.165) is 12.1 Å². The van der Waals surface area contributed by atoms with Crippen LogP contribution in [0.1, 0.15) is 19.4 Å². The van der Waals surface area contributed by atoms with E-state index >= 15 is 0 Å². The minimum atomic E-state index is -5.12. The van der Waals surface area contributed by atoms with Gasteiger partial charge in [-0.15, -0.1) is 0 Å². The Morgan fingerprint density at radius 3 is 2.05 bits per heavy atom. The summed E-state index contributed by atoms with van der Waals surface area (Å²) in [5.41, 5.74) is -3.79. The van der Waals surface area contributed by atoms with Crippen molar-refractivity contribution in [3.8, 4) is 0 Å². The lowest BCUT2D eigenvalue weighted by atomic mass is 9.89. The summed E-state index contributed by atoms with van der Waals surface area (Å²) in [6.07, 6.45) is -6.48. The quantitative estimate of drug-likeness (QED) is 0.848. The highest BCUT2D eigenvalue weighted by Crippen LogP contribution is 2.40. The molecule has 0 fully saturated rings. The monoisotopic (exact) mass is 319 g/mol. The lowest BCUT2D eigenvalue weighted by Crippen LogP contribution is -2.62. The highest BCUT2D eigenvalue weighted by atomic mass is 19.4. The van der Waals surface area contributed by atoms with Crippen LogP contribution in [0.25, 0.3) is 0 Å². The zero-order valence-corrected chi connectivity index (χ0v) is 12.1. The van der Waals surface area contributed by atoms with Crippen molar-refractivity contribution in [3.63, 3.8) is 0 Å². The van der Waals surface area contributed by atoms with Crippen molar-refractivity contribution in [2.75, 3.05) is 13.2 Å². The molecule has 0 radical (unpaired) electrons. The van der Waals surface area contributed by atoms with Crippen molar-refractivity contribution in [1.29, 1.82) is 0 Å². The Kier molecular flexibility index (Phi) is 5.78. The van der Waals surface area contributed by atoms with Crippen LogP contribution in [-0.2, 0) is 19.8 Å². The minimum absolute atomic E-state index is 0.141. The minimum Gasteiger partial charge on any atom is -0.464 e. The van der Waals surface area contributed by atoms with Gasteiger partial charge in [-0.3, -0.25) is 5.32 Å². The molecule has 0 spiro atoms. The Morgan fingerprint density at radius 1 is 1.05 bits per heavy atom. The van der Waals surface area contributed by atoms with Gasteiger partial charge in [0.05, 0.1) is 13.2 Å². The first kappa shape index (κ1) is 17.8. The number of rotatable bonds is 5. The van der Waals surface area contributed by atoms with Crippen LogP contribution in [-0.4, -0.2) is 31.5 Å². The number of amides is 1. The predicted octanol–water partition coefficient (Wildman–Crippen LogP) is 2.75. The summed E-state index contributed by atoms with van der Waals surface area (Å²) in [7, 11) is 0. The van der Waals surface area contributed by atoms with Gasteiger partial charge in [0.25, 0.3) is 5.54 Å². The number of carbonyl (C=O) groups is 2. The van der Waals surface area contributed by atoms with Gasteiger partial charge in [-0.05, 0) is 19.4 Å². The van der Waals surface area contributed by atoms with E-state index in [4.69, 9.17) is 0 Å². The maximum absolute atomic E-state index is 13.7. The molecule has 5 nitrogen and oxygen atoms in total. The number of halogens is 3. The first-order valence-electron chi connectivity index (χ1n) is 6.54. The fraction of sp³-hybridized carbons (Fsp3) is 0.429. The fourth-order valence-corrected chi connectivity index (χ4v) is 1.84. The molecule has 0 aromatic heterocycles. The third-order valence-electron chi connectivity index (χ3n) is 2.78. The van der Waals surface area contributed by atoms with E-state index in [9.17, 15) is 22.8 Å². The van der Waals surface area contributed by atoms with Crippen LogP contribution >= 0.6 is 0 Å². The molecule has 1 aromatic rings. The largest absolute Gasteiger partial charge is 0.464 e. The van der Waals surface area contributed by atoms with E-state index in [0.29, 0.717) is 0 Å². The summed E-state index contributed by atoms with van der Waals surface area (Å²) >= 11 is 0. The smallest absolute Gasteiger partial charge is 0.426 e. The molecule has 0 saturated heterocycles. The van der Waals surface area contributed by atoms with Crippen LogP contribution < -0.4 is 5.32 Å². The van der Waals surface area contributed by atoms with Gasteiger partial charge in [-0.25, -0.2) is 9.59 Å². The van der Waals surface area contributed by atoms with E-state index in [1.54, 1.807) is 5.32 Å². The van der Waals surface area contributed by atoms with Crippen LogP contribution in [0.4, 0.5) is 18.0 Å². The lowest BCUT2D eigenvalue weighted by Gasteiger charge is -2.33. The number of carbonyl (C=O) groups excluding carboxylic acids is 2. The molecule has 0 bridgehead atoms. The van der Waals surface area contributed by atoms with Crippen molar-refractivity contribution in [3.05, 3.63) is 35.9 Å². The first-order chi connectivity index (χ1) is 10.3. The van der Waals surface area contributed by atoms with Crippen molar-refractivity contribution < 1.29 is 32.2 Å². The molecular formula is C14H16F3NO4. The molecule has 1 N–H and O–H groups in total. The van der Waals surface area contributed by atoms with Gasteiger partial charge in [-0.2, -0.15) is 13.2 Å². The maximum Gasteiger partial charge on any atom is 0.426 e. The average Bonchev–Trinajstić information content (AvgIpc) is 2.45. The van der Waals surface area contributed by atoms with Gasteiger partial charge in [0.2, 0.25) is 0 Å². The van der Waals surface area contributed by atoms with Crippen LogP contribution in [0.2, 0.25) is 0 Å². The molecule has 22 heavy (non-hydrogen) atoms. The van der Waals surface area contributed by atoms with E-state index in [2.05, 4.69) is 9.47 Å².